The smallest absolute Gasteiger partial charge is 0.394 e. The summed E-state index contributed by atoms with van der Waals surface area (Å²) in [5, 5.41) is 12.7. The number of nitrogens with zero attached hydrogens (tertiary/aromatic N) is 2. The van der Waals surface area contributed by atoms with E-state index in [2.05, 4.69) is 5.10 Å². The van der Waals surface area contributed by atoms with Gasteiger partial charge in [-0.15, -0.1) is 0 Å². The van der Waals surface area contributed by atoms with Crippen LogP contribution in [0.25, 0.3) is 0 Å². The van der Waals surface area contributed by atoms with Gasteiger partial charge in [0.15, 0.2) is 0 Å². The summed E-state index contributed by atoms with van der Waals surface area (Å²) in [7, 11) is 1.42. The van der Waals surface area contributed by atoms with Gasteiger partial charge in [-0.25, -0.2) is 0 Å². The second kappa shape index (κ2) is 5.48. The molecule has 0 aliphatic rings. The molecule has 0 amide bonds. The molecule has 8 heteroatoms. The molecule has 1 aromatic heterocycles. The molecule has 3 N–H and O–H groups in total. The Balaban J connectivity index is 2.86. The third kappa shape index (κ3) is 3.42. The summed E-state index contributed by atoms with van der Waals surface area (Å²) in [5.41, 5.74) is 4.79. The molecular weight excluding hydrogens is 239 g/mol. The monoisotopic (exact) mass is 253 g/mol. The highest BCUT2D eigenvalue weighted by Gasteiger charge is 2.33. The third-order valence-corrected chi connectivity index (χ3v) is 2.31. The number of hydrogen-bond acceptors (Lipinski definition) is 4. The summed E-state index contributed by atoms with van der Waals surface area (Å²) < 4.78 is 42.8. The summed E-state index contributed by atoms with van der Waals surface area (Å²) in [6.07, 6.45) is -2.94. The normalized spacial score (nSPS) is 15.9. The van der Waals surface area contributed by atoms with Crippen LogP contribution in [0, 0.1) is 0 Å². The van der Waals surface area contributed by atoms with Gasteiger partial charge in [0, 0.05) is 13.3 Å². The topological polar surface area (TPSA) is 73.3 Å². The molecule has 0 saturated heterocycles. The standard InChI is InChI=1S/C9H14F3N3O2/c1-17-5-7(13)8(4-16)15-3-6(2-14-15)9(10,11)12/h2-3,7-8,16H,4-5,13H2,1H3. The summed E-state index contributed by atoms with van der Waals surface area (Å²) in [6.45, 7) is -0.296. The average molecular weight is 253 g/mol. The lowest BCUT2D eigenvalue weighted by molar-refractivity contribution is -0.137. The van der Waals surface area contributed by atoms with Gasteiger partial charge in [-0.05, 0) is 0 Å². The maximum absolute atomic E-state index is 12.3. The highest BCUT2D eigenvalue weighted by atomic mass is 19.4. The number of aromatic nitrogens is 2. The van der Waals surface area contributed by atoms with E-state index < -0.39 is 30.4 Å². The molecule has 0 aromatic carbocycles. The fourth-order valence-electron chi connectivity index (χ4n) is 1.38. The van der Waals surface area contributed by atoms with E-state index in [0.717, 1.165) is 10.9 Å². The summed E-state index contributed by atoms with van der Waals surface area (Å²) in [6, 6.07) is -1.38. The largest absolute Gasteiger partial charge is 0.419 e. The zero-order valence-corrected chi connectivity index (χ0v) is 9.18. The Kier molecular flexibility index (Phi) is 4.49. The molecular formula is C9H14F3N3O2. The molecule has 0 aliphatic carbocycles. The van der Waals surface area contributed by atoms with E-state index in [4.69, 9.17) is 15.6 Å². The van der Waals surface area contributed by atoms with Crippen LogP contribution >= 0.6 is 0 Å². The Morgan fingerprint density at radius 1 is 1.59 bits per heavy atom. The first-order chi connectivity index (χ1) is 7.90. The van der Waals surface area contributed by atoms with Crippen LogP contribution in [0.1, 0.15) is 11.6 Å². The Bertz CT molecular complexity index is 354. The number of nitrogens with two attached hydrogens (primary N) is 1. The lowest BCUT2D eigenvalue weighted by atomic mass is 10.1. The van der Waals surface area contributed by atoms with E-state index >= 15 is 0 Å². The van der Waals surface area contributed by atoms with Gasteiger partial charge in [-0.2, -0.15) is 18.3 Å². The first-order valence-electron chi connectivity index (χ1n) is 4.87. The number of ether oxygens (including phenoxy) is 1. The van der Waals surface area contributed by atoms with Crippen LogP contribution in [-0.2, 0) is 10.9 Å². The Morgan fingerprint density at radius 3 is 2.65 bits per heavy atom. The summed E-state index contributed by atoms with van der Waals surface area (Å²) in [5.74, 6) is 0. The lowest BCUT2D eigenvalue weighted by Gasteiger charge is -2.21. The minimum Gasteiger partial charge on any atom is -0.394 e. The zero-order chi connectivity index (χ0) is 13.1. The number of alkyl halides is 3. The van der Waals surface area contributed by atoms with Crippen molar-refractivity contribution >= 4 is 0 Å². The molecule has 1 aromatic rings. The second-order valence-electron chi connectivity index (χ2n) is 3.58. The van der Waals surface area contributed by atoms with Gasteiger partial charge in [-0.1, -0.05) is 0 Å². The highest BCUT2D eigenvalue weighted by molar-refractivity contribution is 5.09. The van der Waals surface area contributed by atoms with E-state index in [1.54, 1.807) is 0 Å². The summed E-state index contributed by atoms with van der Waals surface area (Å²) in [4.78, 5) is 0. The van der Waals surface area contributed by atoms with Crippen molar-refractivity contribution in [2.45, 2.75) is 18.3 Å². The van der Waals surface area contributed by atoms with Gasteiger partial charge in [0.1, 0.15) is 0 Å². The Morgan fingerprint density at radius 2 is 2.24 bits per heavy atom. The van der Waals surface area contributed by atoms with Gasteiger partial charge in [0.2, 0.25) is 0 Å². The van der Waals surface area contributed by atoms with E-state index in [-0.39, 0.29) is 6.61 Å². The van der Waals surface area contributed by atoms with Crippen molar-refractivity contribution in [1.29, 1.82) is 0 Å². The minimum absolute atomic E-state index is 0.117. The van der Waals surface area contributed by atoms with Crippen molar-refractivity contribution in [2.24, 2.45) is 5.73 Å². The molecule has 0 bridgehead atoms. The molecule has 0 radical (unpaired) electrons. The Labute approximate surface area is 96.0 Å². The number of methoxy groups -OCH3 is 1. The van der Waals surface area contributed by atoms with Gasteiger partial charge < -0.3 is 15.6 Å². The van der Waals surface area contributed by atoms with E-state index in [0.29, 0.717) is 6.20 Å². The quantitative estimate of drug-likeness (QED) is 0.797. The molecule has 5 nitrogen and oxygen atoms in total. The van der Waals surface area contributed by atoms with Gasteiger partial charge in [0.25, 0.3) is 0 Å². The Hall–Kier alpha value is -1.12. The zero-order valence-electron chi connectivity index (χ0n) is 9.18. The van der Waals surface area contributed by atoms with E-state index in [9.17, 15) is 13.2 Å². The number of aliphatic hydroxyl groups is 1. The van der Waals surface area contributed by atoms with Gasteiger partial charge >= 0.3 is 6.18 Å². The number of hydrogen-bond donors (Lipinski definition) is 2. The predicted molar refractivity (Wildman–Crippen MR) is 53.2 cm³/mol. The maximum atomic E-state index is 12.3. The first kappa shape index (κ1) is 13.9. The van der Waals surface area contributed by atoms with Crippen molar-refractivity contribution in [2.75, 3.05) is 20.3 Å². The van der Waals surface area contributed by atoms with Crippen molar-refractivity contribution in [3.63, 3.8) is 0 Å². The second-order valence-corrected chi connectivity index (χ2v) is 3.58. The molecule has 1 heterocycles. The molecule has 17 heavy (non-hydrogen) atoms. The third-order valence-electron chi connectivity index (χ3n) is 2.31. The maximum Gasteiger partial charge on any atom is 0.419 e. The fraction of sp³-hybridized carbons (Fsp3) is 0.667. The van der Waals surface area contributed by atoms with Crippen LogP contribution in [0.2, 0.25) is 0 Å². The highest BCUT2D eigenvalue weighted by Crippen LogP contribution is 2.29. The van der Waals surface area contributed by atoms with Crippen molar-refractivity contribution in [1.82, 2.24) is 9.78 Å². The molecule has 2 atom stereocenters. The number of aliphatic hydroxyl groups excluding tert-OH is 1. The number of halogens is 3. The summed E-state index contributed by atoms with van der Waals surface area (Å²) >= 11 is 0. The minimum atomic E-state index is -4.45. The predicted octanol–water partition coefficient (Wildman–Crippen LogP) is 0.409. The molecule has 1 rings (SSSR count). The molecule has 0 spiro atoms. The SMILES string of the molecule is COCC(N)C(CO)n1cc(C(F)(F)F)cn1. The van der Waals surface area contributed by atoms with Gasteiger partial charge in [-0.3, -0.25) is 4.68 Å². The van der Waals surface area contributed by atoms with Crippen LogP contribution < -0.4 is 5.73 Å². The average Bonchev–Trinajstić information content (AvgIpc) is 2.68. The molecule has 98 valence electrons. The van der Waals surface area contributed by atoms with E-state index in [1.807, 2.05) is 0 Å². The van der Waals surface area contributed by atoms with Crippen LogP contribution in [-0.4, -0.2) is 41.3 Å². The van der Waals surface area contributed by atoms with Gasteiger partial charge in [0.05, 0.1) is 37.1 Å². The van der Waals surface area contributed by atoms with Crippen molar-refractivity contribution in [3.8, 4) is 0 Å². The van der Waals surface area contributed by atoms with Crippen molar-refractivity contribution in [3.05, 3.63) is 18.0 Å². The molecule has 0 aliphatic heterocycles. The first-order valence-corrected chi connectivity index (χ1v) is 4.87. The molecule has 0 saturated carbocycles. The van der Waals surface area contributed by atoms with Crippen molar-refractivity contribution < 1.29 is 23.0 Å². The van der Waals surface area contributed by atoms with Crippen LogP contribution in [0.3, 0.4) is 0 Å². The molecule has 0 fully saturated rings. The fourth-order valence-corrected chi connectivity index (χ4v) is 1.38. The molecule has 2 unspecified atom stereocenters. The van der Waals surface area contributed by atoms with Crippen LogP contribution in [0.5, 0.6) is 0 Å². The number of rotatable bonds is 5. The van der Waals surface area contributed by atoms with Crippen LogP contribution in [0.4, 0.5) is 13.2 Å². The van der Waals surface area contributed by atoms with E-state index in [1.165, 1.54) is 7.11 Å². The lowest BCUT2D eigenvalue weighted by Crippen LogP contribution is -2.38. The van der Waals surface area contributed by atoms with Crippen LogP contribution in [0.15, 0.2) is 12.4 Å².